The lowest BCUT2D eigenvalue weighted by Crippen LogP contribution is -2.50. The van der Waals surface area contributed by atoms with Crippen LogP contribution in [-0.4, -0.2) is 24.5 Å². The molecule has 0 spiro atoms. The van der Waals surface area contributed by atoms with E-state index in [2.05, 4.69) is 43.0 Å². The molecular weight excluding hydrogens is 206 g/mol. The van der Waals surface area contributed by atoms with Crippen LogP contribution in [0.2, 0.25) is 0 Å². The molecule has 1 heteroatoms. The van der Waals surface area contributed by atoms with E-state index in [-0.39, 0.29) is 0 Å². The van der Waals surface area contributed by atoms with E-state index in [0.29, 0.717) is 11.3 Å². The molecule has 2 bridgehead atoms. The van der Waals surface area contributed by atoms with Gasteiger partial charge in [-0.15, -0.1) is 0 Å². The smallest absolute Gasteiger partial charge is 0.00102 e. The van der Waals surface area contributed by atoms with Gasteiger partial charge in [0.1, 0.15) is 0 Å². The van der Waals surface area contributed by atoms with Gasteiger partial charge in [0.05, 0.1) is 0 Å². The average molecular weight is 229 g/mol. The Morgan fingerprint density at radius 1 is 0.941 bits per heavy atom. The molecule has 1 aromatic rings. The number of benzene rings is 1. The van der Waals surface area contributed by atoms with Crippen molar-refractivity contribution in [2.75, 3.05) is 19.6 Å². The molecule has 1 aromatic carbocycles. The molecule has 1 nitrogen and oxygen atoms in total. The molecule has 0 aromatic heterocycles. The van der Waals surface area contributed by atoms with Gasteiger partial charge in [-0.05, 0) is 61.4 Å². The number of hydrogen-bond acceptors (Lipinski definition) is 1. The molecule has 4 rings (SSSR count). The van der Waals surface area contributed by atoms with Crippen LogP contribution in [0.3, 0.4) is 0 Å². The molecule has 0 unspecified atom stereocenters. The normalized spacial score (nSPS) is 32.1. The lowest BCUT2D eigenvalue weighted by Gasteiger charge is -2.49. The van der Waals surface area contributed by atoms with Gasteiger partial charge in [0.25, 0.3) is 0 Å². The SMILES string of the molecule is CC(C)c1ccc(C23CCN(CC2)CC3)cc1. The fraction of sp³-hybridized carbons (Fsp3) is 0.625. The van der Waals surface area contributed by atoms with E-state index >= 15 is 0 Å². The summed E-state index contributed by atoms with van der Waals surface area (Å²) in [4.78, 5) is 2.62. The van der Waals surface area contributed by atoms with Crippen LogP contribution in [0, 0.1) is 0 Å². The molecule has 0 amide bonds. The van der Waals surface area contributed by atoms with Crippen molar-refractivity contribution in [3.05, 3.63) is 35.4 Å². The Morgan fingerprint density at radius 3 is 1.94 bits per heavy atom. The molecule has 92 valence electrons. The van der Waals surface area contributed by atoms with Crippen LogP contribution >= 0.6 is 0 Å². The van der Waals surface area contributed by atoms with E-state index in [9.17, 15) is 0 Å². The molecule has 0 aliphatic carbocycles. The fourth-order valence-corrected chi connectivity index (χ4v) is 3.48. The molecule has 3 saturated heterocycles. The minimum absolute atomic E-state index is 0.518. The Hall–Kier alpha value is -0.820. The fourth-order valence-electron chi connectivity index (χ4n) is 3.48. The molecule has 3 fully saturated rings. The first-order valence-corrected chi connectivity index (χ1v) is 7.02. The number of hydrogen-bond donors (Lipinski definition) is 0. The summed E-state index contributed by atoms with van der Waals surface area (Å²) in [6, 6.07) is 9.48. The van der Waals surface area contributed by atoms with Crippen molar-refractivity contribution in [1.29, 1.82) is 0 Å². The third-order valence-corrected chi connectivity index (χ3v) is 4.91. The summed E-state index contributed by atoms with van der Waals surface area (Å²) in [5, 5.41) is 0. The monoisotopic (exact) mass is 229 g/mol. The first-order valence-electron chi connectivity index (χ1n) is 7.02. The van der Waals surface area contributed by atoms with Crippen molar-refractivity contribution in [3.63, 3.8) is 0 Å². The lowest BCUT2D eigenvalue weighted by atomic mass is 9.67. The summed E-state index contributed by atoms with van der Waals surface area (Å²) < 4.78 is 0. The summed E-state index contributed by atoms with van der Waals surface area (Å²) in [6.45, 7) is 8.47. The molecule has 0 saturated carbocycles. The third kappa shape index (κ3) is 1.91. The molecule has 3 aliphatic heterocycles. The van der Waals surface area contributed by atoms with Gasteiger partial charge in [-0.1, -0.05) is 38.1 Å². The van der Waals surface area contributed by atoms with Gasteiger partial charge in [-0.3, -0.25) is 0 Å². The minimum atomic E-state index is 0.518. The highest BCUT2D eigenvalue weighted by atomic mass is 15.1. The van der Waals surface area contributed by atoms with E-state index in [1.165, 1.54) is 44.5 Å². The van der Waals surface area contributed by atoms with Gasteiger partial charge in [-0.2, -0.15) is 0 Å². The van der Waals surface area contributed by atoms with E-state index in [1.54, 1.807) is 5.56 Å². The summed E-state index contributed by atoms with van der Waals surface area (Å²) in [5.41, 5.74) is 3.59. The average Bonchev–Trinajstić information content (AvgIpc) is 2.41. The van der Waals surface area contributed by atoms with Crippen molar-refractivity contribution in [2.45, 2.75) is 44.4 Å². The zero-order valence-electron chi connectivity index (χ0n) is 11.1. The van der Waals surface area contributed by atoms with Gasteiger partial charge < -0.3 is 4.90 Å². The minimum Gasteiger partial charge on any atom is -0.303 e. The van der Waals surface area contributed by atoms with Crippen molar-refractivity contribution in [3.8, 4) is 0 Å². The maximum Gasteiger partial charge on any atom is -0.00102 e. The van der Waals surface area contributed by atoms with Gasteiger partial charge in [0, 0.05) is 0 Å². The second-order valence-electron chi connectivity index (χ2n) is 6.15. The Kier molecular flexibility index (Phi) is 2.74. The molecule has 17 heavy (non-hydrogen) atoms. The Bertz CT molecular complexity index is 369. The number of piperidine rings is 3. The summed E-state index contributed by atoms with van der Waals surface area (Å²) in [5.74, 6) is 0.648. The highest BCUT2D eigenvalue weighted by Gasteiger charge is 2.40. The van der Waals surface area contributed by atoms with Crippen molar-refractivity contribution in [2.24, 2.45) is 0 Å². The summed E-state index contributed by atoms with van der Waals surface area (Å²) >= 11 is 0. The van der Waals surface area contributed by atoms with Crippen molar-refractivity contribution < 1.29 is 0 Å². The number of rotatable bonds is 2. The maximum absolute atomic E-state index is 2.62. The molecule has 0 radical (unpaired) electrons. The van der Waals surface area contributed by atoms with E-state index in [1.807, 2.05) is 0 Å². The first kappa shape index (κ1) is 11.3. The Balaban J connectivity index is 1.88. The quantitative estimate of drug-likeness (QED) is 0.749. The largest absolute Gasteiger partial charge is 0.303 e. The maximum atomic E-state index is 2.62. The predicted octanol–water partition coefficient (Wildman–Crippen LogP) is 3.55. The first-order chi connectivity index (χ1) is 8.20. The van der Waals surface area contributed by atoms with E-state index in [0.717, 1.165) is 0 Å². The molecule has 0 atom stereocenters. The summed E-state index contributed by atoms with van der Waals surface area (Å²) in [7, 11) is 0. The van der Waals surface area contributed by atoms with Crippen LogP contribution in [0.4, 0.5) is 0 Å². The van der Waals surface area contributed by atoms with Gasteiger partial charge in [0.15, 0.2) is 0 Å². The highest BCUT2D eigenvalue weighted by Crippen LogP contribution is 2.42. The topological polar surface area (TPSA) is 3.24 Å². The number of nitrogens with zero attached hydrogens (tertiary/aromatic N) is 1. The molecule has 0 N–H and O–H groups in total. The second kappa shape index (κ2) is 4.13. The van der Waals surface area contributed by atoms with Crippen molar-refractivity contribution in [1.82, 2.24) is 4.90 Å². The summed E-state index contributed by atoms with van der Waals surface area (Å²) in [6.07, 6.45) is 4.11. The van der Waals surface area contributed by atoms with Crippen LogP contribution in [0.1, 0.15) is 50.2 Å². The Labute approximate surface area is 105 Å². The van der Waals surface area contributed by atoms with Crippen LogP contribution in [0.5, 0.6) is 0 Å². The highest BCUT2D eigenvalue weighted by molar-refractivity contribution is 5.32. The lowest BCUT2D eigenvalue weighted by molar-refractivity contribution is 0.0818. The molecule has 3 heterocycles. The van der Waals surface area contributed by atoms with Crippen LogP contribution in [-0.2, 0) is 5.41 Å². The van der Waals surface area contributed by atoms with Crippen LogP contribution < -0.4 is 0 Å². The van der Waals surface area contributed by atoms with Gasteiger partial charge in [-0.25, -0.2) is 0 Å². The van der Waals surface area contributed by atoms with E-state index < -0.39 is 0 Å². The van der Waals surface area contributed by atoms with Crippen molar-refractivity contribution >= 4 is 0 Å². The van der Waals surface area contributed by atoms with Crippen LogP contribution in [0.25, 0.3) is 0 Å². The second-order valence-corrected chi connectivity index (χ2v) is 6.15. The zero-order chi connectivity index (χ0) is 11.9. The zero-order valence-corrected chi connectivity index (χ0v) is 11.1. The van der Waals surface area contributed by atoms with E-state index in [4.69, 9.17) is 0 Å². The standard InChI is InChI=1S/C16H23N/c1-13(2)14-3-5-15(6-4-14)16-7-10-17(11-8-16)12-9-16/h3-6,13H,7-12H2,1-2H3. The molecular formula is C16H23N. The predicted molar refractivity (Wildman–Crippen MR) is 72.5 cm³/mol. The third-order valence-electron chi connectivity index (χ3n) is 4.91. The van der Waals surface area contributed by atoms with Crippen LogP contribution in [0.15, 0.2) is 24.3 Å². The Morgan fingerprint density at radius 2 is 1.47 bits per heavy atom. The van der Waals surface area contributed by atoms with Gasteiger partial charge >= 0.3 is 0 Å². The molecule has 3 aliphatic rings. The van der Waals surface area contributed by atoms with Gasteiger partial charge in [0.2, 0.25) is 0 Å². The number of fused-ring (bicyclic) bond motifs is 3.